The van der Waals surface area contributed by atoms with Crippen LogP contribution in [0.15, 0.2) is 18.2 Å². The number of nitrogens with one attached hydrogen (secondary N) is 1. The third kappa shape index (κ3) is 4.41. The highest BCUT2D eigenvalue weighted by molar-refractivity contribution is 6.30. The lowest BCUT2D eigenvalue weighted by Crippen LogP contribution is -2.55. The van der Waals surface area contributed by atoms with Crippen molar-refractivity contribution in [3.8, 4) is 5.75 Å². The van der Waals surface area contributed by atoms with Crippen LogP contribution >= 0.6 is 11.6 Å². The highest BCUT2D eigenvalue weighted by Crippen LogP contribution is 2.29. The number of methoxy groups -OCH3 is 2. The van der Waals surface area contributed by atoms with Gasteiger partial charge in [0.2, 0.25) is 5.91 Å². The van der Waals surface area contributed by atoms with E-state index in [9.17, 15) is 9.59 Å². The average molecular weight is 354 g/mol. The monoisotopic (exact) mass is 353 g/mol. The molecule has 132 valence electrons. The first-order valence-electron chi connectivity index (χ1n) is 8.22. The molecule has 0 atom stereocenters. The number of hydrogen-bond acceptors (Lipinski definition) is 4. The summed E-state index contributed by atoms with van der Waals surface area (Å²) in [7, 11) is 2.90. The Balaban J connectivity index is 2.14. The predicted octanol–water partition coefficient (Wildman–Crippen LogP) is 3.27. The van der Waals surface area contributed by atoms with Gasteiger partial charge >= 0.3 is 5.97 Å². The molecule has 1 aliphatic carbocycles. The van der Waals surface area contributed by atoms with Crippen LogP contribution in [-0.4, -0.2) is 31.6 Å². The third-order valence-electron chi connectivity index (χ3n) is 4.51. The first-order chi connectivity index (χ1) is 11.5. The van der Waals surface area contributed by atoms with Crippen molar-refractivity contribution in [1.29, 1.82) is 0 Å². The summed E-state index contributed by atoms with van der Waals surface area (Å²) in [5.74, 6) is -0.0191. The molecule has 0 unspecified atom stereocenters. The quantitative estimate of drug-likeness (QED) is 0.651. The molecule has 5 nitrogen and oxygen atoms in total. The minimum atomic E-state index is -0.915. The molecule has 1 amide bonds. The maximum Gasteiger partial charge on any atom is 0.331 e. The Morgan fingerprint density at radius 3 is 2.42 bits per heavy atom. The minimum absolute atomic E-state index is 0.124. The highest BCUT2D eigenvalue weighted by Gasteiger charge is 2.41. The Morgan fingerprint density at radius 2 is 1.83 bits per heavy atom. The van der Waals surface area contributed by atoms with E-state index >= 15 is 0 Å². The molecule has 1 aromatic carbocycles. The smallest absolute Gasteiger partial charge is 0.331 e. The molecule has 0 aromatic heterocycles. The Labute approximate surface area is 147 Å². The maximum absolute atomic E-state index is 12.6. The van der Waals surface area contributed by atoms with Gasteiger partial charge in [0.25, 0.3) is 0 Å². The van der Waals surface area contributed by atoms with Gasteiger partial charge in [-0.2, -0.15) is 0 Å². The molecule has 6 heteroatoms. The largest absolute Gasteiger partial charge is 0.496 e. The molecule has 1 saturated carbocycles. The van der Waals surface area contributed by atoms with Crippen LogP contribution in [0.2, 0.25) is 5.02 Å². The maximum atomic E-state index is 12.6. The van der Waals surface area contributed by atoms with E-state index in [2.05, 4.69) is 5.32 Å². The van der Waals surface area contributed by atoms with Crippen molar-refractivity contribution >= 4 is 23.5 Å². The molecule has 0 heterocycles. The van der Waals surface area contributed by atoms with Crippen LogP contribution in [-0.2, 0) is 20.7 Å². The highest BCUT2D eigenvalue weighted by atomic mass is 35.5. The standard InChI is InChI=1S/C18H24ClNO4/c1-23-15-12-14(19)8-7-13(15)11-16(21)20-18(17(22)24-2)9-5-3-4-6-10-18/h7-8,12H,3-6,9-11H2,1-2H3,(H,20,21). The van der Waals surface area contributed by atoms with Crippen LogP contribution in [0.1, 0.15) is 44.1 Å². The van der Waals surface area contributed by atoms with Crippen LogP contribution in [0.25, 0.3) is 0 Å². The van der Waals surface area contributed by atoms with Gasteiger partial charge in [-0.25, -0.2) is 4.79 Å². The van der Waals surface area contributed by atoms with E-state index in [1.807, 2.05) is 0 Å². The number of benzene rings is 1. The van der Waals surface area contributed by atoms with E-state index < -0.39 is 5.54 Å². The molecule has 24 heavy (non-hydrogen) atoms. The van der Waals surface area contributed by atoms with Crippen LogP contribution < -0.4 is 10.1 Å². The second kappa shape index (κ2) is 8.38. The number of hydrogen-bond donors (Lipinski definition) is 1. The first kappa shape index (κ1) is 18.6. The number of carbonyl (C=O) groups excluding carboxylic acids is 2. The van der Waals surface area contributed by atoms with Crippen LogP contribution in [0.5, 0.6) is 5.75 Å². The molecule has 1 N–H and O–H groups in total. The van der Waals surface area contributed by atoms with Crippen LogP contribution in [0.3, 0.4) is 0 Å². The van der Waals surface area contributed by atoms with Crippen molar-refractivity contribution in [2.45, 2.75) is 50.5 Å². The summed E-state index contributed by atoms with van der Waals surface area (Å²) in [6.07, 6.45) is 5.30. The number of esters is 1. The van der Waals surface area contributed by atoms with Gasteiger partial charge in [-0.3, -0.25) is 4.79 Å². The summed E-state index contributed by atoms with van der Waals surface area (Å²) in [6, 6.07) is 5.15. The van der Waals surface area contributed by atoms with Gasteiger partial charge in [0.05, 0.1) is 20.6 Å². The number of halogens is 1. The van der Waals surface area contributed by atoms with Crippen molar-refractivity contribution in [2.24, 2.45) is 0 Å². The molecular formula is C18H24ClNO4. The minimum Gasteiger partial charge on any atom is -0.496 e. The molecule has 0 spiro atoms. The average Bonchev–Trinajstić information content (AvgIpc) is 2.82. The fourth-order valence-electron chi connectivity index (χ4n) is 3.26. The van der Waals surface area contributed by atoms with E-state index in [0.29, 0.717) is 23.6 Å². The van der Waals surface area contributed by atoms with Gasteiger partial charge in [0.15, 0.2) is 0 Å². The second-order valence-electron chi connectivity index (χ2n) is 6.17. The summed E-state index contributed by atoms with van der Waals surface area (Å²) < 4.78 is 10.2. The normalized spacial score (nSPS) is 16.8. The van der Waals surface area contributed by atoms with Gasteiger partial charge in [0.1, 0.15) is 11.3 Å². The van der Waals surface area contributed by atoms with Gasteiger partial charge in [-0.1, -0.05) is 43.4 Å². The van der Waals surface area contributed by atoms with E-state index in [0.717, 1.165) is 31.2 Å². The molecule has 0 radical (unpaired) electrons. The van der Waals surface area contributed by atoms with Gasteiger partial charge < -0.3 is 14.8 Å². The lowest BCUT2D eigenvalue weighted by molar-refractivity contribution is -0.151. The number of carbonyl (C=O) groups is 2. The van der Waals surface area contributed by atoms with E-state index in [-0.39, 0.29) is 18.3 Å². The van der Waals surface area contributed by atoms with Crippen molar-refractivity contribution in [1.82, 2.24) is 5.32 Å². The summed E-state index contributed by atoms with van der Waals surface area (Å²) in [6.45, 7) is 0. The zero-order valence-corrected chi connectivity index (χ0v) is 14.9. The summed E-state index contributed by atoms with van der Waals surface area (Å²) >= 11 is 5.95. The lowest BCUT2D eigenvalue weighted by Gasteiger charge is -2.31. The predicted molar refractivity (Wildman–Crippen MR) is 92.3 cm³/mol. The molecule has 0 aliphatic heterocycles. The summed E-state index contributed by atoms with van der Waals surface area (Å²) in [5, 5.41) is 3.48. The van der Waals surface area contributed by atoms with Crippen molar-refractivity contribution < 1.29 is 19.1 Å². The van der Waals surface area contributed by atoms with Gasteiger partial charge in [-0.15, -0.1) is 0 Å². The zero-order valence-electron chi connectivity index (χ0n) is 14.2. The summed E-state index contributed by atoms with van der Waals surface area (Å²) in [5.41, 5.74) is -0.185. The Hall–Kier alpha value is -1.75. The Morgan fingerprint density at radius 1 is 1.17 bits per heavy atom. The molecule has 0 bridgehead atoms. The zero-order chi connectivity index (χ0) is 17.6. The van der Waals surface area contributed by atoms with Crippen molar-refractivity contribution in [3.63, 3.8) is 0 Å². The Bertz CT molecular complexity index is 595. The topological polar surface area (TPSA) is 64.6 Å². The number of ether oxygens (including phenoxy) is 2. The fraction of sp³-hybridized carbons (Fsp3) is 0.556. The van der Waals surface area contributed by atoms with Gasteiger partial charge in [-0.05, 0) is 25.0 Å². The number of rotatable bonds is 5. The Kier molecular flexibility index (Phi) is 6.49. The lowest BCUT2D eigenvalue weighted by atomic mass is 9.89. The molecule has 0 saturated heterocycles. The molecule has 1 fully saturated rings. The SMILES string of the molecule is COC(=O)C1(NC(=O)Cc2ccc(Cl)cc2OC)CCCCCC1. The number of amides is 1. The van der Waals surface area contributed by atoms with E-state index in [4.69, 9.17) is 21.1 Å². The molecule has 2 rings (SSSR count). The molecule has 1 aliphatic rings. The van der Waals surface area contributed by atoms with Gasteiger partial charge in [0, 0.05) is 10.6 Å². The fourth-order valence-corrected chi connectivity index (χ4v) is 3.42. The van der Waals surface area contributed by atoms with Crippen molar-refractivity contribution in [2.75, 3.05) is 14.2 Å². The second-order valence-corrected chi connectivity index (χ2v) is 6.61. The van der Waals surface area contributed by atoms with E-state index in [1.54, 1.807) is 18.2 Å². The van der Waals surface area contributed by atoms with Crippen LogP contribution in [0.4, 0.5) is 0 Å². The van der Waals surface area contributed by atoms with E-state index in [1.165, 1.54) is 14.2 Å². The molecule has 1 aromatic rings. The first-order valence-corrected chi connectivity index (χ1v) is 8.60. The van der Waals surface area contributed by atoms with Crippen molar-refractivity contribution in [3.05, 3.63) is 28.8 Å². The van der Waals surface area contributed by atoms with Crippen LogP contribution in [0, 0.1) is 0 Å². The third-order valence-corrected chi connectivity index (χ3v) is 4.75. The summed E-state index contributed by atoms with van der Waals surface area (Å²) in [4.78, 5) is 24.9. The molecular weight excluding hydrogens is 330 g/mol.